The Morgan fingerprint density at radius 3 is 2.82 bits per heavy atom. The Balaban J connectivity index is 1.47. The summed E-state index contributed by atoms with van der Waals surface area (Å²) in [5.41, 5.74) is 6.54. The largest absolute Gasteiger partial charge is 0.439 e. The molecule has 0 saturated carbocycles. The minimum atomic E-state index is -0.270. The Bertz CT molecular complexity index is 1250. The van der Waals surface area contributed by atoms with Crippen molar-refractivity contribution in [2.24, 2.45) is 0 Å². The SMILES string of the molecule is Cc1cc(Oc2nccc3c2CCCN3)ccc1-c1c(C)nn(C2CCCCO2)c(=O)c1C. The summed E-state index contributed by atoms with van der Waals surface area (Å²) in [5, 5.41) is 8.05. The van der Waals surface area contributed by atoms with Gasteiger partial charge in [0.2, 0.25) is 5.88 Å². The van der Waals surface area contributed by atoms with Crippen molar-refractivity contribution >= 4 is 5.69 Å². The fraction of sp³-hybridized carbons (Fsp3) is 0.423. The molecule has 2 aliphatic heterocycles. The van der Waals surface area contributed by atoms with E-state index in [1.54, 1.807) is 6.20 Å². The van der Waals surface area contributed by atoms with E-state index in [4.69, 9.17) is 9.47 Å². The number of aromatic nitrogens is 3. The number of hydrogen-bond donors (Lipinski definition) is 1. The maximum Gasteiger partial charge on any atom is 0.272 e. The Morgan fingerprint density at radius 1 is 1.15 bits per heavy atom. The van der Waals surface area contributed by atoms with Crippen LogP contribution in [-0.4, -0.2) is 27.9 Å². The lowest BCUT2D eigenvalue weighted by Gasteiger charge is -2.25. The van der Waals surface area contributed by atoms with Crippen LogP contribution in [0.3, 0.4) is 0 Å². The average Bonchev–Trinajstić information content (AvgIpc) is 2.83. The summed E-state index contributed by atoms with van der Waals surface area (Å²) in [6, 6.07) is 7.95. The van der Waals surface area contributed by atoms with Crippen LogP contribution in [0, 0.1) is 20.8 Å². The molecule has 5 rings (SSSR count). The number of fused-ring (bicyclic) bond motifs is 1. The minimum Gasteiger partial charge on any atom is -0.439 e. The smallest absolute Gasteiger partial charge is 0.272 e. The molecule has 7 nitrogen and oxygen atoms in total. The zero-order chi connectivity index (χ0) is 22.9. The molecule has 1 aromatic carbocycles. The number of rotatable bonds is 4. The molecular formula is C26H30N4O3. The zero-order valence-electron chi connectivity index (χ0n) is 19.5. The third-order valence-corrected chi connectivity index (χ3v) is 6.57. The van der Waals surface area contributed by atoms with Crippen molar-refractivity contribution in [1.82, 2.24) is 14.8 Å². The van der Waals surface area contributed by atoms with Crippen LogP contribution in [0.5, 0.6) is 11.6 Å². The number of pyridine rings is 1. The van der Waals surface area contributed by atoms with E-state index in [1.165, 1.54) is 4.68 Å². The molecule has 0 radical (unpaired) electrons. The van der Waals surface area contributed by atoms with Crippen LogP contribution >= 0.6 is 0 Å². The second kappa shape index (κ2) is 8.98. The van der Waals surface area contributed by atoms with Crippen molar-refractivity contribution in [2.45, 2.75) is 59.1 Å². The molecule has 1 unspecified atom stereocenters. The second-order valence-corrected chi connectivity index (χ2v) is 8.91. The second-order valence-electron chi connectivity index (χ2n) is 8.91. The van der Waals surface area contributed by atoms with Gasteiger partial charge in [0.05, 0.1) is 5.69 Å². The summed E-state index contributed by atoms with van der Waals surface area (Å²) < 4.78 is 13.5. The average molecular weight is 447 g/mol. The van der Waals surface area contributed by atoms with Gasteiger partial charge in [-0.3, -0.25) is 4.79 Å². The molecule has 2 aromatic heterocycles. The molecule has 1 N–H and O–H groups in total. The van der Waals surface area contributed by atoms with E-state index in [-0.39, 0.29) is 11.8 Å². The molecule has 0 amide bonds. The van der Waals surface area contributed by atoms with Crippen molar-refractivity contribution in [2.75, 3.05) is 18.5 Å². The summed E-state index contributed by atoms with van der Waals surface area (Å²) in [6.07, 6.45) is 6.43. The number of benzene rings is 1. The van der Waals surface area contributed by atoms with Gasteiger partial charge < -0.3 is 14.8 Å². The van der Waals surface area contributed by atoms with Gasteiger partial charge >= 0.3 is 0 Å². The van der Waals surface area contributed by atoms with Gasteiger partial charge in [0.1, 0.15) is 5.75 Å². The Labute approximate surface area is 193 Å². The van der Waals surface area contributed by atoms with Gasteiger partial charge in [-0.25, -0.2) is 9.67 Å². The Morgan fingerprint density at radius 2 is 2.03 bits per heavy atom. The third-order valence-electron chi connectivity index (χ3n) is 6.57. The molecule has 1 fully saturated rings. The number of hydrogen-bond acceptors (Lipinski definition) is 6. The van der Waals surface area contributed by atoms with Gasteiger partial charge in [-0.2, -0.15) is 5.10 Å². The number of aryl methyl sites for hydroxylation is 2. The predicted molar refractivity (Wildman–Crippen MR) is 128 cm³/mol. The quantitative estimate of drug-likeness (QED) is 0.602. The van der Waals surface area contributed by atoms with Crippen LogP contribution < -0.4 is 15.6 Å². The predicted octanol–water partition coefficient (Wildman–Crippen LogP) is 5.08. The van der Waals surface area contributed by atoms with E-state index in [1.807, 2.05) is 45.0 Å². The van der Waals surface area contributed by atoms with E-state index >= 15 is 0 Å². The van der Waals surface area contributed by atoms with E-state index in [0.717, 1.165) is 78.0 Å². The fourth-order valence-corrected chi connectivity index (χ4v) is 4.86. The normalized spacial score (nSPS) is 17.8. The van der Waals surface area contributed by atoms with Crippen molar-refractivity contribution in [3.63, 3.8) is 0 Å². The maximum atomic E-state index is 13.2. The Kier molecular flexibility index (Phi) is 5.89. The number of nitrogens with one attached hydrogen (secondary N) is 1. The molecular weight excluding hydrogens is 416 g/mol. The van der Waals surface area contributed by atoms with Gasteiger partial charge in [-0.1, -0.05) is 6.07 Å². The number of nitrogens with zero attached hydrogens (tertiary/aromatic N) is 3. The van der Waals surface area contributed by atoms with Gasteiger partial charge in [0, 0.05) is 41.7 Å². The van der Waals surface area contributed by atoms with E-state index in [0.29, 0.717) is 18.1 Å². The molecule has 2 aliphatic rings. The van der Waals surface area contributed by atoms with E-state index < -0.39 is 0 Å². The van der Waals surface area contributed by atoms with Crippen molar-refractivity contribution in [1.29, 1.82) is 0 Å². The number of ether oxygens (including phenoxy) is 2. The Hall–Kier alpha value is -3.19. The summed E-state index contributed by atoms with van der Waals surface area (Å²) in [4.78, 5) is 17.6. The van der Waals surface area contributed by atoms with Crippen LogP contribution in [-0.2, 0) is 11.2 Å². The summed E-state index contributed by atoms with van der Waals surface area (Å²) in [7, 11) is 0. The fourth-order valence-electron chi connectivity index (χ4n) is 4.86. The van der Waals surface area contributed by atoms with Gasteiger partial charge in [0.25, 0.3) is 5.56 Å². The molecule has 3 aromatic rings. The third kappa shape index (κ3) is 4.13. The molecule has 4 heterocycles. The van der Waals surface area contributed by atoms with Gasteiger partial charge in [0.15, 0.2) is 6.23 Å². The highest BCUT2D eigenvalue weighted by atomic mass is 16.5. The highest BCUT2D eigenvalue weighted by molar-refractivity contribution is 5.72. The van der Waals surface area contributed by atoms with E-state index in [9.17, 15) is 4.79 Å². The molecule has 172 valence electrons. The lowest BCUT2D eigenvalue weighted by Crippen LogP contribution is -2.33. The van der Waals surface area contributed by atoms with Crippen LogP contribution in [0.2, 0.25) is 0 Å². The molecule has 1 saturated heterocycles. The van der Waals surface area contributed by atoms with Crippen LogP contribution in [0.4, 0.5) is 5.69 Å². The molecule has 0 bridgehead atoms. The van der Waals surface area contributed by atoms with Crippen molar-refractivity contribution < 1.29 is 9.47 Å². The molecule has 1 atom stereocenters. The molecule has 0 aliphatic carbocycles. The van der Waals surface area contributed by atoms with Gasteiger partial charge in [-0.05, 0) is 82.2 Å². The maximum absolute atomic E-state index is 13.2. The first-order valence-electron chi connectivity index (χ1n) is 11.7. The first-order valence-corrected chi connectivity index (χ1v) is 11.7. The standard InChI is InChI=1S/C26H30N4O3/c1-16-15-19(33-25-21-7-6-12-27-22(21)11-13-28-25)9-10-20(16)24-17(2)26(31)30(29-18(24)3)23-8-4-5-14-32-23/h9-11,13,15,23,27H,4-8,12,14H2,1-3H3. The molecule has 0 spiro atoms. The van der Waals surface area contributed by atoms with Crippen molar-refractivity contribution in [3.05, 3.63) is 63.2 Å². The van der Waals surface area contributed by atoms with Crippen molar-refractivity contribution in [3.8, 4) is 22.8 Å². The highest BCUT2D eigenvalue weighted by Gasteiger charge is 2.23. The summed E-state index contributed by atoms with van der Waals surface area (Å²) in [5.74, 6) is 1.38. The summed E-state index contributed by atoms with van der Waals surface area (Å²) in [6.45, 7) is 7.52. The topological polar surface area (TPSA) is 78.3 Å². The first kappa shape index (κ1) is 21.6. The first-order chi connectivity index (χ1) is 16.0. The van der Waals surface area contributed by atoms with E-state index in [2.05, 4.69) is 15.4 Å². The van der Waals surface area contributed by atoms with Crippen LogP contribution in [0.15, 0.2) is 35.3 Å². The lowest BCUT2D eigenvalue weighted by atomic mass is 9.96. The van der Waals surface area contributed by atoms with Gasteiger partial charge in [-0.15, -0.1) is 0 Å². The molecule has 33 heavy (non-hydrogen) atoms. The summed E-state index contributed by atoms with van der Waals surface area (Å²) >= 11 is 0. The monoisotopic (exact) mass is 446 g/mol. The van der Waals surface area contributed by atoms with Crippen LogP contribution in [0.1, 0.15) is 54.3 Å². The number of anilines is 1. The highest BCUT2D eigenvalue weighted by Crippen LogP contribution is 2.35. The van der Waals surface area contributed by atoms with Crippen LogP contribution in [0.25, 0.3) is 11.1 Å². The minimum absolute atomic E-state index is 0.0881. The molecule has 7 heteroatoms. The lowest BCUT2D eigenvalue weighted by molar-refractivity contribution is -0.0428. The zero-order valence-corrected chi connectivity index (χ0v) is 19.5.